The van der Waals surface area contributed by atoms with E-state index in [0.29, 0.717) is 27.2 Å². The summed E-state index contributed by atoms with van der Waals surface area (Å²) in [6, 6.07) is 5.87. The van der Waals surface area contributed by atoms with Gasteiger partial charge in [0, 0.05) is 22.2 Å². The van der Waals surface area contributed by atoms with Crippen LogP contribution in [0.3, 0.4) is 0 Å². The van der Waals surface area contributed by atoms with Crippen LogP contribution in [0.15, 0.2) is 34.8 Å². The van der Waals surface area contributed by atoms with Gasteiger partial charge < -0.3 is 0 Å². The van der Waals surface area contributed by atoms with Crippen LogP contribution in [0, 0.1) is 17.5 Å². The van der Waals surface area contributed by atoms with Crippen LogP contribution < -0.4 is 0 Å². The lowest BCUT2D eigenvalue weighted by Gasteiger charge is -2.13. The minimum atomic E-state index is -1.09. The van der Waals surface area contributed by atoms with Gasteiger partial charge >= 0.3 is 0 Å². The lowest BCUT2D eigenvalue weighted by molar-refractivity contribution is 0.526. The van der Waals surface area contributed by atoms with Gasteiger partial charge in [0.2, 0.25) is 0 Å². The van der Waals surface area contributed by atoms with Crippen molar-refractivity contribution in [1.29, 1.82) is 0 Å². The Balaban J connectivity index is 2.49. The Morgan fingerprint density at radius 3 is 2.11 bits per heavy atom. The summed E-state index contributed by atoms with van der Waals surface area (Å²) in [5.41, 5.74) is 0.0146. The maximum absolute atomic E-state index is 13.6. The van der Waals surface area contributed by atoms with Crippen LogP contribution in [-0.2, 0) is 0 Å². The summed E-state index contributed by atoms with van der Waals surface area (Å²) in [5, 5.41) is -0.725. The van der Waals surface area contributed by atoms with Crippen molar-refractivity contribution in [2.24, 2.45) is 0 Å². The Morgan fingerprint density at radius 2 is 1.58 bits per heavy atom. The van der Waals surface area contributed by atoms with Gasteiger partial charge in [-0.15, -0.1) is 11.6 Å². The molecule has 0 fully saturated rings. The van der Waals surface area contributed by atoms with Gasteiger partial charge in [0.1, 0.15) is 17.5 Å². The van der Waals surface area contributed by atoms with Gasteiger partial charge in [0.25, 0.3) is 0 Å². The van der Waals surface area contributed by atoms with Crippen molar-refractivity contribution >= 4 is 39.1 Å². The van der Waals surface area contributed by atoms with E-state index in [1.54, 1.807) is 12.1 Å². The fourth-order valence-corrected chi connectivity index (χ4v) is 2.41. The van der Waals surface area contributed by atoms with Crippen molar-refractivity contribution in [3.05, 3.63) is 68.4 Å². The van der Waals surface area contributed by atoms with Gasteiger partial charge in [-0.05, 0) is 33.6 Å². The zero-order valence-corrected chi connectivity index (χ0v) is 12.3. The molecule has 2 rings (SSSR count). The second-order valence-corrected chi connectivity index (χ2v) is 5.52. The minimum Gasteiger partial charge on any atom is -0.207 e. The summed E-state index contributed by atoms with van der Waals surface area (Å²) >= 11 is 15.1. The molecular weight excluding hydrogens is 364 g/mol. The smallest absolute Gasteiger partial charge is 0.134 e. The minimum absolute atomic E-state index is 0.367. The molecule has 6 heteroatoms. The molecule has 0 radical (unpaired) electrons. The molecule has 0 N–H and O–H groups in total. The Kier molecular flexibility index (Phi) is 4.43. The molecule has 0 saturated heterocycles. The SMILES string of the molecule is Fc1cc(F)c(C(Cl)c2ccc(Br)c(Cl)c2)c(F)c1. The van der Waals surface area contributed by atoms with Gasteiger partial charge in [0.15, 0.2) is 0 Å². The highest BCUT2D eigenvalue weighted by atomic mass is 79.9. The molecule has 1 unspecified atom stereocenters. The molecule has 0 aliphatic heterocycles. The van der Waals surface area contributed by atoms with Gasteiger partial charge in [-0.25, -0.2) is 13.2 Å². The van der Waals surface area contributed by atoms with Crippen LogP contribution >= 0.6 is 39.1 Å². The molecule has 0 aromatic heterocycles. The highest BCUT2D eigenvalue weighted by molar-refractivity contribution is 9.10. The summed E-state index contributed by atoms with van der Waals surface area (Å²) in [5.74, 6) is -3.05. The van der Waals surface area contributed by atoms with Crippen LogP contribution in [0.5, 0.6) is 0 Å². The predicted molar refractivity (Wildman–Crippen MR) is 73.2 cm³/mol. The van der Waals surface area contributed by atoms with E-state index in [2.05, 4.69) is 15.9 Å². The summed E-state index contributed by atoms with van der Waals surface area (Å²) in [4.78, 5) is 0. The second kappa shape index (κ2) is 5.73. The van der Waals surface area contributed by atoms with Crippen molar-refractivity contribution in [2.45, 2.75) is 5.38 Å². The van der Waals surface area contributed by atoms with Gasteiger partial charge in [-0.1, -0.05) is 17.7 Å². The number of hydrogen-bond acceptors (Lipinski definition) is 0. The molecule has 0 aliphatic carbocycles. The highest BCUT2D eigenvalue weighted by Gasteiger charge is 2.21. The standard InChI is InChI=1S/C13H6BrCl2F3/c14-8-2-1-6(3-9(8)15)13(16)12-10(18)4-7(17)5-11(12)19/h1-5,13H. The van der Waals surface area contributed by atoms with Crippen LogP contribution in [-0.4, -0.2) is 0 Å². The summed E-state index contributed by atoms with van der Waals surface area (Å²) in [6.45, 7) is 0. The maximum atomic E-state index is 13.6. The van der Waals surface area contributed by atoms with E-state index >= 15 is 0 Å². The lowest BCUT2D eigenvalue weighted by Crippen LogP contribution is -2.02. The molecule has 0 heterocycles. The van der Waals surface area contributed by atoms with Crippen molar-refractivity contribution < 1.29 is 13.2 Å². The van der Waals surface area contributed by atoms with E-state index in [1.165, 1.54) is 6.07 Å². The Labute approximate surface area is 126 Å². The number of halogens is 6. The zero-order valence-electron chi connectivity index (χ0n) is 9.23. The molecule has 19 heavy (non-hydrogen) atoms. The zero-order chi connectivity index (χ0) is 14.2. The second-order valence-electron chi connectivity index (χ2n) is 3.82. The van der Waals surface area contributed by atoms with Crippen molar-refractivity contribution in [1.82, 2.24) is 0 Å². The molecule has 2 aromatic rings. The highest BCUT2D eigenvalue weighted by Crippen LogP contribution is 2.35. The number of rotatable bonds is 2. The van der Waals surface area contributed by atoms with Gasteiger partial charge in [-0.3, -0.25) is 0 Å². The average Bonchev–Trinajstić information content (AvgIpc) is 2.31. The van der Waals surface area contributed by atoms with E-state index in [0.717, 1.165) is 0 Å². The summed E-state index contributed by atoms with van der Waals surface area (Å²) in [7, 11) is 0. The number of benzene rings is 2. The van der Waals surface area contributed by atoms with E-state index in [1.807, 2.05) is 0 Å². The summed E-state index contributed by atoms with van der Waals surface area (Å²) in [6.07, 6.45) is 0. The lowest BCUT2D eigenvalue weighted by atomic mass is 10.0. The summed E-state index contributed by atoms with van der Waals surface area (Å²) < 4.78 is 40.7. The Hall–Kier alpha value is -0.710. The van der Waals surface area contributed by atoms with Gasteiger partial charge in [-0.2, -0.15) is 0 Å². The van der Waals surface area contributed by atoms with Crippen LogP contribution in [0.1, 0.15) is 16.5 Å². The fourth-order valence-electron chi connectivity index (χ4n) is 1.63. The Morgan fingerprint density at radius 1 is 1.00 bits per heavy atom. The molecule has 0 spiro atoms. The molecule has 0 amide bonds. The van der Waals surface area contributed by atoms with E-state index in [4.69, 9.17) is 23.2 Å². The van der Waals surface area contributed by atoms with Crippen LogP contribution in [0.2, 0.25) is 5.02 Å². The number of hydrogen-bond donors (Lipinski definition) is 0. The predicted octanol–water partition coefficient (Wildman–Crippen LogP) is 5.85. The fraction of sp³-hybridized carbons (Fsp3) is 0.0769. The van der Waals surface area contributed by atoms with E-state index in [-0.39, 0.29) is 0 Å². The van der Waals surface area contributed by atoms with Crippen molar-refractivity contribution in [2.75, 3.05) is 0 Å². The largest absolute Gasteiger partial charge is 0.207 e. The van der Waals surface area contributed by atoms with E-state index < -0.39 is 28.4 Å². The molecule has 0 bridgehead atoms. The first-order chi connectivity index (χ1) is 8.90. The van der Waals surface area contributed by atoms with Crippen LogP contribution in [0.25, 0.3) is 0 Å². The molecular formula is C13H6BrCl2F3. The molecule has 100 valence electrons. The topological polar surface area (TPSA) is 0 Å². The monoisotopic (exact) mass is 368 g/mol. The first-order valence-electron chi connectivity index (χ1n) is 5.13. The molecule has 0 nitrogen and oxygen atoms in total. The third-order valence-electron chi connectivity index (χ3n) is 2.53. The first kappa shape index (κ1) is 14.7. The van der Waals surface area contributed by atoms with Gasteiger partial charge in [0.05, 0.1) is 10.4 Å². The molecule has 0 aliphatic rings. The molecule has 0 saturated carbocycles. The number of alkyl halides is 1. The third kappa shape index (κ3) is 3.07. The Bertz CT molecular complexity index is 608. The third-order valence-corrected chi connectivity index (χ3v) is 4.24. The van der Waals surface area contributed by atoms with Crippen LogP contribution in [0.4, 0.5) is 13.2 Å². The van der Waals surface area contributed by atoms with Crippen molar-refractivity contribution in [3.8, 4) is 0 Å². The quantitative estimate of drug-likeness (QED) is 0.582. The maximum Gasteiger partial charge on any atom is 0.134 e. The molecule has 2 aromatic carbocycles. The average molecular weight is 370 g/mol. The van der Waals surface area contributed by atoms with E-state index in [9.17, 15) is 13.2 Å². The normalized spacial score (nSPS) is 12.5. The molecule has 1 atom stereocenters. The first-order valence-corrected chi connectivity index (χ1v) is 6.74. The van der Waals surface area contributed by atoms with Crippen molar-refractivity contribution in [3.63, 3.8) is 0 Å².